The van der Waals surface area contributed by atoms with Gasteiger partial charge >= 0.3 is 11.9 Å². The summed E-state index contributed by atoms with van der Waals surface area (Å²) in [4.78, 5) is 36.9. The molecule has 2 aromatic rings. The molecular formula is C23H11Cl5O9. The fraction of sp³-hybridized carbons (Fsp3) is 0.0870. The van der Waals surface area contributed by atoms with Crippen LogP contribution >= 0.6 is 58.0 Å². The number of carboxylic acids is 2. The van der Waals surface area contributed by atoms with Gasteiger partial charge in [-0.1, -0.05) is 58.0 Å². The Morgan fingerprint density at radius 1 is 0.811 bits per heavy atom. The molecule has 0 bridgehead atoms. The predicted octanol–water partition coefficient (Wildman–Crippen LogP) is 6.95. The fourth-order valence-corrected chi connectivity index (χ4v) is 5.28. The number of aromatic hydroxyl groups is 1. The minimum atomic E-state index is -1.65. The Labute approximate surface area is 231 Å². The third-order valence-corrected chi connectivity index (χ3v) is 7.26. The number of aromatic carboxylic acids is 2. The zero-order valence-corrected chi connectivity index (χ0v) is 22.1. The summed E-state index contributed by atoms with van der Waals surface area (Å²) in [5.74, 6) is -4.68. The fourth-order valence-electron chi connectivity index (χ4n) is 3.94. The van der Waals surface area contributed by atoms with Crippen LogP contribution in [-0.2, 0) is 0 Å². The topological polar surface area (TPSA) is 144 Å². The summed E-state index contributed by atoms with van der Waals surface area (Å²) < 4.78 is 16.4. The van der Waals surface area contributed by atoms with Crippen molar-refractivity contribution in [2.45, 2.75) is 0 Å². The first-order valence-electron chi connectivity index (χ1n) is 9.77. The quantitative estimate of drug-likeness (QED) is 0.162. The van der Waals surface area contributed by atoms with E-state index in [2.05, 4.69) is 0 Å². The molecule has 14 heteroatoms. The third kappa shape index (κ3) is 3.98. The summed E-state index contributed by atoms with van der Waals surface area (Å²) in [5.41, 5.74) is -2.86. The first-order valence-corrected chi connectivity index (χ1v) is 11.7. The van der Waals surface area contributed by atoms with Gasteiger partial charge in [0.25, 0.3) is 0 Å². The van der Waals surface area contributed by atoms with Crippen LogP contribution in [0.3, 0.4) is 0 Å². The van der Waals surface area contributed by atoms with E-state index in [4.69, 9.17) is 71.9 Å². The van der Waals surface area contributed by atoms with E-state index in [1.165, 1.54) is 26.4 Å². The highest BCUT2D eigenvalue weighted by Gasteiger charge is 2.35. The van der Waals surface area contributed by atoms with E-state index in [1.807, 2.05) is 0 Å². The molecule has 0 aromatic heterocycles. The van der Waals surface area contributed by atoms with Crippen molar-refractivity contribution < 1.29 is 38.8 Å². The van der Waals surface area contributed by atoms with Crippen molar-refractivity contribution in [1.29, 1.82) is 0 Å². The van der Waals surface area contributed by atoms with Crippen molar-refractivity contribution in [1.82, 2.24) is 0 Å². The van der Waals surface area contributed by atoms with Crippen molar-refractivity contribution in [3.63, 3.8) is 0 Å². The molecule has 0 spiro atoms. The van der Waals surface area contributed by atoms with E-state index in [1.54, 1.807) is 0 Å². The van der Waals surface area contributed by atoms with Gasteiger partial charge in [0.05, 0.1) is 50.5 Å². The van der Waals surface area contributed by atoms with E-state index in [9.17, 15) is 29.7 Å². The van der Waals surface area contributed by atoms with Gasteiger partial charge in [-0.2, -0.15) is 0 Å². The Kier molecular flexibility index (Phi) is 7.04. The lowest BCUT2D eigenvalue weighted by Gasteiger charge is -2.22. The maximum Gasteiger partial charge on any atom is 0.338 e. The molecule has 0 saturated heterocycles. The number of ether oxygens (including phenoxy) is 2. The molecule has 0 fully saturated rings. The average molecular weight is 609 g/mol. The Hall–Kier alpha value is -3.08. The summed E-state index contributed by atoms with van der Waals surface area (Å²) >= 11 is 31.4. The summed E-state index contributed by atoms with van der Waals surface area (Å²) in [7, 11) is 2.38. The molecule has 37 heavy (non-hydrogen) atoms. The Morgan fingerprint density at radius 3 is 1.95 bits per heavy atom. The van der Waals surface area contributed by atoms with Gasteiger partial charge in [-0.15, -0.1) is 0 Å². The van der Waals surface area contributed by atoms with E-state index in [0.717, 1.165) is 0 Å². The zero-order chi connectivity index (χ0) is 27.5. The van der Waals surface area contributed by atoms with Gasteiger partial charge in [0.15, 0.2) is 17.1 Å². The van der Waals surface area contributed by atoms with Crippen LogP contribution in [0.4, 0.5) is 0 Å². The standard InChI is InChI=1S/C23H11Cl5O9/c1-35-20-16(29)7(24)3-5-9(6-4-8(25)17(30)21(36-2)19(6)37-18(5)20)10-11(22(31)32)13(26)12(23(33)34)15(28)14(10)27/h3-4,29H,1-2H3,(H,31,32)(H,33,34). The summed E-state index contributed by atoms with van der Waals surface area (Å²) in [6.45, 7) is 0. The molecule has 0 unspecified atom stereocenters. The number of methoxy groups -OCH3 is 2. The van der Waals surface area contributed by atoms with Crippen LogP contribution in [0.5, 0.6) is 17.2 Å². The molecule has 192 valence electrons. The van der Waals surface area contributed by atoms with Crippen molar-refractivity contribution in [2.75, 3.05) is 14.2 Å². The smallest absolute Gasteiger partial charge is 0.338 e. The SMILES string of the molecule is COc1c2oc3c(OC)c(O)c(Cl)cc3c(-c3c(Cl)c(Cl)c(C(=O)O)c(Cl)c3C(=O)O)c-2cc(Cl)c1=O. The second kappa shape index (κ2) is 9.66. The number of carbonyl (C=O) groups is 2. The highest BCUT2D eigenvalue weighted by molar-refractivity contribution is 6.49. The Bertz CT molecular complexity index is 1690. The highest BCUT2D eigenvalue weighted by atomic mass is 35.5. The lowest BCUT2D eigenvalue weighted by molar-refractivity contribution is 0.0696. The van der Waals surface area contributed by atoms with Crippen LogP contribution in [0.2, 0.25) is 25.1 Å². The number of phenols is 1. The van der Waals surface area contributed by atoms with E-state index in [0.29, 0.717) is 0 Å². The molecule has 3 N–H and O–H groups in total. The van der Waals surface area contributed by atoms with E-state index >= 15 is 0 Å². The minimum absolute atomic E-state index is 0.00244. The van der Waals surface area contributed by atoms with Crippen LogP contribution in [0.15, 0.2) is 21.3 Å². The molecule has 1 aliphatic carbocycles. The highest BCUT2D eigenvalue weighted by Crippen LogP contribution is 2.54. The molecule has 4 rings (SSSR count). The predicted molar refractivity (Wildman–Crippen MR) is 138 cm³/mol. The first kappa shape index (κ1) is 27.0. The molecule has 0 radical (unpaired) electrons. The average Bonchev–Trinajstić information content (AvgIpc) is 2.82. The van der Waals surface area contributed by atoms with Gasteiger partial charge in [0, 0.05) is 22.1 Å². The molecule has 0 saturated carbocycles. The Balaban J connectivity index is 2.44. The zero-order valence-electron chi connectivity index (χ0n) is 18.3. The number of carboxylic acid groups (broad SMARTS) is 2. The maximum atomic E-state index is 12.7. The maximum absolute atomic E-state index is 12.7. The number of benzene rings is 3. The van der Waals surface area contributed by atoms with Gasteiger partial charge < -0.3 is 29.2 Å². The summed E-state index contributed by atoms with van der Waals surface area (Å²) in [6.07, 6.45) is 0. The van der Waals surface area contributed by atoms with Crippen molar-refractivity contribution >= 4 is 80.9 Å². The van der Waals surface area contributed by atoms with Crippen LogP contribution in [0.1, 0.15) is 20.7 Å². The van der Waals surface area contributed by atoms with Crippen LogP contribution in [0, 0.1) is 0 Å². The molecule has 2 aromatic carbocycles. The third-order valence-electron chi connectivity index (χ3n) is 5.46. The molecule has 0 atom stereocenters. The first-order chi connectivity index (χ1) is 17.4. The van der Waals surface area contributed by atoms with Gasteiger partial charge in [0.2, 0.25) is 16.9 Å². The van der Waals surface area contributed by atoms with Crippen molar-refractivity contribution in [3.05, 3.63) is 58.6 Å². The van der Waals surface area contributed by atoms with Crippen molar-refractivity contribution in [3.8, 4) is 39.7 Å². The number of hydrogen-bond donors (Lipinski definition) is 3. The second-order valence-electron chi connectivity index (χ2n) is 7.37. The lowest BCUT2D eigenvalue weighted by atomic mass is 9.89. The molecule has 0 amide bonds. The van der Waals surface area contributed by atoms with E-state index in [-0.39, 0.29) is 55.0 Å². The van der Waals surface area contributed by atoms with Crippen LogP contribution in [0.25, 0.3) is 33.4 Å². The molecule has 1 heterocycles. The van der Waals surface area contributed by atoms with Gasteiger partial charge in [-0.05, 0) is 12.1 Å². The van der Waals surface area contributed by atoms with Gasteiger partial charge in [-0.25, -0.2) is 9.59 Å². The molecule has 2 aliphatic rings. The second-order valence-corrected chi connectivity index (χ2v) is 9.32. The van der Waals surface area contributed by atoms with E-state index < -0.39 is 49.3 Å². The number of fused-ring (bicyclic) bond motifs is 2. The van der Waals surface area contributed by atoms with Crippen LogP contribution in [-0.4, -0.2) is 41.5 Å². The number of halogens is 5. The monoisotopic (exact) mass is 606 g/mol. The molecular weight excluding hydrogens is 598 g/mol. The number of phenolic OH excluding ortho intramolecular Hbond substituents is 1. The largest absolute Gasteiger partial charge is 0.503 e. The summed E-state index contributed by atoms with van der Waals surface area (Å²) in [6, 6.07) is 2.38. The number of hydrogen-bond acceptors (Lipinski definition) is 7. The number of rotatable bonds is 5. The summed E-state index contributed by atoms with van der Waals surface area (Å²) in [5, 5.41) is 27.8. The Morgan fingerprint density at radius 2 is 1.41 bits per heavy atom. The minimum Gasteiger partial charge on any atom is -0.503 e. The lowest BCUT2D eigenvalue weighted by Crippen LogP contribution is -2.12. The van der Waals surface area contributed by atoms with Gasteiger partial charge in [-0.3, -0.25) is 4.79 Å². The molecule has 9 nitrogen and oxygen atoms in total. The molecule has 1 aliphatic heterocycles. The normalized spacial score (nSPS) is 11.2. The van der Waals surface area contributed by atoms with Crippen LogP contribution < -0.4 is 14.9 Å². The van der Waals surface area contributed by atoms with Crippen molar-refractivity contribution in [2.24, 2.45) is 0 Å². The van der Waals surface area contributed by atoms with Gasteiger partial charge in [0.1, 0.15) is 0 Å².